The summed E-state index contributed by atoms with van der Waals surface area (Å²) < 4.78 is 0. The Balaban J connectivity index is 2.22. The number of nitrogens with zero attached hydrogens (tertiary/aromatic N) is 1. The molecule has 0 spiro atoms. The SMILES string of the molecule is Cc1c(O)cccc1C(=O)N1CCCCC1. The molecule has 0 aliphatic carbocycles. The number of carbonyl (C=O) groups is 1. The van der Waals surface area contributed by atoms with Gasteiger partial charge in [0.05, 0.1) is 0 Å². The number of hydrogen-bond donors (Lipinski definition) is 1. The molecule has 16 heavy (non-hydrogen) atoms. The number of hydrogen-bond acceptors (Lipinski definition) is 2. The molecule has 0 saturated carbocycles. The molecule has 1 aliphatic heterocycles. The Morgan fingerprint density at radius 1 is 1.25 bits per heavy atom. The van der Waals surface area contributed by atoms with E-state index >= 15 is 0 Å². The number of amides is 1. The van der Waals surface area contributed by atoms with E-state index in [1.54, 1.807) is 25.1 Å². The van der Waals surface area contributed by atoms with Crippen LogP contribution in [0.25, 0.3) is 0 Å². The van der Waals surface area contributed by atoms with Gasteiger partial charge in [0.2, 0.25) is 0 Å². The molecule has 1 aromatic carbocycles. The lowest BCUT2D eigenvalue weighted by atomic mass is 10.0. The Morgan fingerprint density at radius 3 is 2.62 bits per heavy atom. The van der Waals surface area contributed by atoms with Gasteiger partial charge in [-0.2, -0.15) is 0 Å². The molecule has 3 heteroatoms. The number of aromatic hydroxyl groups is 1. The number of piperidine rings is 1. The van der Waals surface area contributed by atoms with Crippen LogP contribution in [-0.4, -0.2) is 29.0 Å². The van der Waals surface area contributed by atoms with Crippen molar-refractivity contribution in [3.05, 3.63) is 29.3 Å². The van der Waals surface area contributed by atoms with Crippen LogP contribution in [0, 0.1) is 6.92 Å². The van der Waals surface area contributed by atoms with Crippen molar-refractivity contribution in [1.82, 2.24) is 4.90 Å². The van der Waals surface area contributed by atoms with Gasteiger partial charge in [-0.05, 0) is 38.3 Å². The van der Waals surface area contributed by atoms with E-state index in [1.165, 1.54) is 6.42 Å². The molecule has 1 heterocycles. The van der Waals surface area contributed by atoms with Gasteiger partial charge in [0.15, 0.2) is 0 Å². The van der Waals surface area contributed by atoms with Crippen LogP contribution in [0.5, 0.6) is 5.75 Å². The van der Waals surface area contributed by atoms with Crippen molar-refractivity contribution >= 4 is 5.91 Å². The summed E-state index contributed by atoms with van der Waals surface area (Å²) in [5, 5.41) is 9.58. The Kier molecular flexibility index (Phi) is 3.13. The summed E-state index contributed by atoms with van der Waals surface area (Å²) in [5.41, 5.74) is 1.31. The third-order valence-electron chi connectivity index (χ3n) is 3.18. The second-order valence-corrected chi connectivity index (χ2v) is 4.30. The summed E-state index contributed by atoms with van der Waals surface area (Å²) in [6.07, 6.45) is 3.38. The van der Waals surface area contributed by atoms with Crippen molar-refractivity contribution in [3.8, 4) is 5.75 Å². The smallest absolute Gasteiger partial charge is 0.254 e. The number of likely N-dealkylation sites (tertiary alicyclic amines) is 1. The van der Waals surface area contributed by atoms with Crippen LogP contribution in [0.2, 0.25) is 0 Å². The van der Waals surface area contributed by atoms with Crippen molar-refractivity contribution in [2.75, 3.05) is 13.1 Å². The standard InChI is InChI=1S/C13H17NO2/c1-10-11(6-5-7-12(10)15)13(16)14-8-3-2-4-9-14/h5-7,15H,2-4,8-9H2,1H3. The molecular formula is C13H17NO2. The zero-order valence-electron chi connectivity index (χ0n) is 9.57. The van der Waals surface area contributed by atoms with E-state index in [-0.39, 0.29) is 11.7 Å². The molecule has 0 radical (unpaired) electrons. The zero-order chi connectivity index (χ0) is 11.5. The largest absolute Gasteiger partial charge is 0.508 e. The zero-order valence-corrected chi connectivity index (χ0v) is 9.57. The minimum Gasteiger partial charge on any atom is -0.508 e. The molecule has 1 aliphatic rings. The molecular weight excluding hydrogens is 202 g/mol. The molecule has 0 aromatic heterocycles. The Hall–Kier alpha value is -1.51. The molecule has 3 nitrogen and oxygen atoms in total. The lowest BCUT2D eigenvalue weighted by Crippen LogP contribution is -2.35. The van der Waals surface area contributed by atoms with E-state index in [2.05, 4.69) is 0 Å². The molecule has 1 aromatic rings. The summed E-state index contributed by atoms with van der Waals surface area (Å²) in [7, 11) is 0. The van der Waals surface area contributed by atoms with Gasteiger partial charge in [-0.3, -0.25) is 4.79 Å². The molecule has 0 bridgehead atoms. The average molecular weight is 219 g/mol. The lowest BCUT2D eigenvalue weighted by molar-refractivity contribution is 0.0723. The second-order valence-electron chi connectivity index (χ2n) is 4.30. The Labute approximate surface area is 95.7 Å². The maximum atomic E-state index is 12.2. The normalized spacial score (nSPS) is 16.2. The van der Waals surface area contributed by atoms with Gasteiger partial charge >= 0.3 is 0 Å². The van der Waals surface area contributed by atoms with Crippen LogP contribution >= 0.6 is 0 Å². The van der Waals surface area contributed by atoms with Crippen molar-refractivity contribution in [2.45, 2.75) is 26.2 Å². The van der Waals surface area contributed by atoms with Gasteiger partial charge in [0.25, 0.3) is 5.91 Å². The summed E-state index contributed by atoms with van der Waals surface area (Å²) in [5.74, 6) is 0.246. The van der Waals surface area contributed by atoms with E-state index in [4.69, 9.17) is 0 Å². The summed E-state index contributed by atoms with van der Waals surface area (Å²) in [6.45, 7) is 3.47. The van der Waals surface area contributed by atoms with Gasteiger partial charge in [-0.25, -0.2) is 0 Å². The number of rotatable bonds is 1. The van der Waals surface area contributed by atoms with Crippen molar-refractivity contribution in [2.24, 2.45) is 0 Å². The highest BCUT2D eigenvalue weighted by molar-refractivity contribution is 5.96. The van der Waals surface area contributed by atoms with Gasteiger partial charge in [-0.15, -0.1) is 0 Å². The quantitative estimate of drug-likeness (QED) is 0.787. The van der Waals surface area contributed by atoms with Crippen molar-refractivity contribution in [1.29, 1.82) is 0 Å². The number of phenolic OH excluding ortho intramolecular Hbond substituents is 1. The third kappa shape index (κ3) is 2.03. The van der Waals surface area contributed by atoms with E-state index < -0.39 is 0 Å². The van der Waals surface area contributed by atoms with Crippen LogP contribution in [0.15, 0.2) is 18.2 Å². The van der Waals surface area contributed by atoms with Crippen LogP contribution in [0.3, 0.4) is 0 Å². The Morgan fingerprint density at radius 2 is 1.94 bits per heavy atom. The first-order valence-electron chi connectivity index (χ1n) is 5.78. The lowest BCUT2D eigenvalue weighted by Gasteiger charge is -2.27. The first-order chi connectivity index (χ1) is 7.70. The van der Waals surface area contributed by atoms with E-state index in [1.807, 2.05) is 4.90 Å². The average Bonchev–Trinajstić information content (AvgIpc) is 2.33. The second kappa shape index (κ2) is 4.56. The number of carbonyl (C=O) groups excluding carboxylic acids is 1. The molecule has 1 amide bonds. The fourth-order valence-corrected chi connectivity index (χ4v) is 2.12. The van der Waals surface area contributed by atoms with Crippen LogP contribution in [0.4, 0.5) is 0 Å². The monoisotopic (exact) mass is 219 g/mol. The van der Waals surface area contributed by atoms with Gasteiger partial charge < -0.3 is 10.0 Å². The van der Waals surface area contributed by atoms with E-state index in [0.717, 1.165) is 25.9 Å². The highest BCUT2D eigenvalue weighted by atomic mass is 16.3. The topological polar surface area (TPSA) is 40.5 Å². The summed E-state index contributed by atoms with van der Waals surface area (Å²) >= 11 is 0. The third-order valence-corrected chi connectivity index (χ3v) is 3.18. The predicted octanol–water partition coefficient (Wildman–Crippen LogP) is 2.33. The van der Waals surface area contributed by atoms with Gasteiger partial charge in [-0.1, -0.05) is 6.07 Å². The van der Waals surface area contributed by atoms with Gasteiger partial charge in [0.1, 0.15) is 5.75 Å². The molecule has 0 unspecified atom stereocenters. The van der Waals surface area contributed by atoms with Crippen LogP contribution in [0.1, 0.15) is 35.2 Å². The highest BCUT2D eigenvalue weighted by Crippen LogP contribution is 2.22. The maximum absolute atomic E-state index is 12.2. The van der Waals surface area contributed by atoms with Crippen LogP contribution < -0.4 is 0 Å². The fraction of sp³-hybridized carbons (Fsp3) is 0.462. The Bertz CT molecular complexity index is 395. The minimum absolute atomic E-state index is 0.0492. The van der Waals surface area contributed by atoms with Gasteiger partial charge in [0, 0.05) is 24.2 Å². The fourth-order valence-electron chi connectivity index (χ4n) is 2.12. The van der Waals surface area contributed by atoms with E-state index in [9.17, 15) is 9.90 Å². The molecule has 1 saturated heterocycles. The molecule has 86 valence electrons. The molecule has 1 fully saturated rings. The molecule has 1 N–H and O–H groups in total. The number of phenols is 1. The van der Waals surface area contributed by atoms with Crippen molar-refractivity contribution in [3.63, 3.8) is 0 Å². The maximum Gasteiger partial charge on any atom is 0.254 e. The summed E-state index contributed by atoms with van der Waals surface area (Å²) in [6, 6.07) is 5.12. The first kappa shape index (κ1) is 11.0. The summed E-state index contributed by atoms with van der Waals surface area (Å²) in [4.78, 5) is 14.1. The van der Waals surface area contributed by atoms with E-state index in [0.29, 0.717) is 11.1 Å². The molecule has 0 atom stereocenters. The minimum atomic E-state index is 0.0492. The van der Waals surface area contributed by atoms with Crippen molar-refractivity contribution < 1.29 is 9.90 Å². The number of benzene rings is 1. The highest BCUT2D eigenvalue weighted by Gasteiger charge is 2.20. The first-order valence-corrected chi connectivity index (χ1v) is 5.78. The van der Waals surface area contributed by atoms with Crippen LogP contribution in [-0.2, 0) is 0 Å². The predicted molar refractivity (Wildman–Crippen MR) is 62.6 cm³/mol. The molecule has 2 rings (SSSR count).